The molecule has 42 heavy (non-hydrogen) atoms. The first-order valence-corrected chi connectivity index (χ1v) is 14.5. The molecule has 2 saturated heterocycles. The maximum atomic E-state index is 12.4. The van der Waals surface area contributed by atoms with Crippen LogP contribution in [0.5, 0.6) is 0 Å². The van der Waals surface area contributed by atoms with E-state index in [9.17, 15) is 4.79 Å². The van der Waals surface area contributed by atoms with Crippen LogP contribution in [-0.2, 0) is 14.3 Å². The van der Waals surface area contributed by atoms with Gasteiger partial charge >= 0.3 is 0 Å². The highest BCUT2D eigenvalue weighted by atomic mass is 16.5. The van der Waals surface area contributed by atoms with Crippen molar-refractivity contribution in [1.29, 1.82) is 0 Å². The van der Waals surface area contributed by atoms with E-state index >= 15 is 0 Å². The molecule has 0 saturated carbocycles. The number of carbonyl (C=O) groups excluding carboxylic acids is 1. The normalized spacial score (nSPS) is 17.0. The molecule has 1 amide bonds. The van der Waals surface area contributed by atoms with Crippen molar-refractivity contribution in [1.82, 2.24) is 38.8 Å². The zero-order valence-corrected chi connectivity index (χ0v) is 23.9. The van der Waals surface area contributed by atoms with E-state index in [1.54, 1.807) is 7.11 Å². The molecular weight excluding hydrogens is 534 g/mol. The van der Waals surface area contributed by atoms with Gasteiger partial charge in [0.15, 0.2) is 5.82 Å². The van der Waals surface area contributed by atoms with Gasteiger partial charge in [0, 0.05) is 56.8 Å². The molecule has 2 aliphatic heterocycles. The van der Waals surface area contributed by atoms with Crippen LogP contribution >= 0.6 is 0 Å². The fourth-order valence-electron chi connectivity index (χ4n) is 6.64. The Balaban J connectivity index is 1.29. The van der Waals surface area contributed by atoms with Gasteiger partial charge in [-0.15, -0.1) is 0 Å². The lowest BCUT2D eigenvalue weighted by Crippen LogP contribution is -2.40. The Labute approximate surface area is 243 Å². The molecule has 0 radical (unpaired) electrons. The molecule has 2 aliphatic rings. The first kappa shape index (κ1) is 26.6. The highest BCUT2D eigenvalue weighted by Gasteiger charge is 2.27. The number of likely N-dealkylation sites (tertiary alicyclic amines) is 1. The number of carbonyl (C=O) groups is 1. The van der Waals surface area contributed by atoms with Gasteiger partial charge < -0.3 is 24.7 Å². The van der Waals surface area contributed by atoms with Crippen LogP contribution in [0, 0.1) is 6.92 Å². The summed E-state index contributed by atoms with van der Waals surface area (Å²) in [5.41, 5.74) is 13.1. The molecule has 0 atom stereocenters. The molecule has 5 aromatic rings. The number of aromatic nitrogens is 7. The number of piperidine rings is 1. The molecule has 218 valence electrons. The van der Waals surface area contributed by atoms with Crippen LogP contribution in [0.15, 0.2) is 42.9 Å². The molecule has 12 nitrogen and oxygen atoms in total. The number of anilines is 1. The van der Waals surface area contributed by atoms with E-state index in [4.69, 9.17) is 25.3 Å². The summed E-state index contributed by atoms with van der Waals surface area (Å²) in [4.78, 5) is 23.5. The lowest BCUT2D eigenvalue weighted by Gasteiger charge is -2.33. The summed E-state index contributed by atoms with van der Waals surface area (Å²) >= 11 is 0. The second-order valence-electron chi connectivity index (χ2n) is 11.1. The molecule has 0 bridgehead atoms. The zero-order chi connectivity index (χ0) is 28.8. The number of nitrogens with zero attached hydrogens (tertiary/aromatic N) is 8. The number of hydrogen-bond donors (Lipinski definition) is 1. The van der Waals surface area contributed by atoms with Crippen molar-refractivity contribution in [2.24, 2.45) is 0 Å². The highest BCUT2D eigenvalue weighted by Crippen LogP contribution is 2.38. The van der Waals surface area contributed by atoms with Gasteiger partial charge in [-0.2, -0.15) is 10.2 Å². The first-order valence-electron chi connectivity index (χ1n) is 14.5. The summed E-state index contributed by atoms with van der Waals surface area (Å²) in [5.74, 6) is 1.43. The van der Waals surface area contributed by atoms with Crippen molar-refractivity contribution in [2.45, 2.75) is 44.7 Å². The van der Waals surface area contributed by atoms with Crippen LogP contribution in [0.1, 0.15) is 43.6 Å². The van der Waals surface area contributed by atoms with Crippen molar-refractivity contribution in [3.05, 3.63) is 48.7 Å². The summed E-state index contributed by atoms with van der Waals surface area (Å²) in [6.07, 6.45) is 6.90. The third-order valence-electron chi connectivity index (χ3n) is 8.68. The minimum atomic E-state index is 0.0424. The van der Waals surface area contributed by atoms with Crippen molar-refractivity contribution in [2.75, 3.05) is 45.8 Å². The Kier molecular flexibility index (Phi) is 6.87. The summed E-state index contributed by atoms with van der Waals surface area (Å²) < 4.78 is 17.0. The van der Waals surface area contributed by atoms with E-state index in [1.807, 2.05) is 21.7 Å². The standard InChI is InChI=1S/C30H35N9O3/c1-19-35-24-4-3-20(15-27(24)37(19)21-6-11-36(12-7-21)28(40)17-41-2)26-16-23(29-30(31)32-18-34-39(26)29)25-5-10-33-38(25)22-8-13-42-14-9-22/h3-5,10,15-16,18,21-22H,6-9,11-14,17H2,1-2H3,(H2,31,32,34). The fourth-order valence-corrected chi connectivity index (χ4v) is 6.64. The number of methoxy groups -OCH3 is 1. The minimum Gasteiger partial charge on any atom is -0.382 e. The molecule has 7 rings (SSSR count). The Morgan fingerprint density at radius 1 is 1.05 bits per heavy atom. The van der Waals surface area contributed by atoms with E-state index in [0.29, 0.717) is 18.9 Å². The van der Waals surface area contributed by atoms with Gasteiger partial charge in [0.05, 0.1) is 28.5 Å². The summed E-state index contributed by atoms with van der Waals surface area (Å²) in [6.45, 7) is 5.04. The second kappa shape index (κ2) is 10.8. The number of amides is 1. The summed E-state index contributed by atoms with van der Waals surface area (Å²) in [5, 5.41) is 9.33. The Bertz CT molecular complexity index is 1760. The average Bonchev–Trinajstić information content (AvgIpc) is 3.73. The number of nitrogens with two attached hydrogens (primary N) is 1. The van der Waals surface area contributed by atoms with Gasteiger partial charge in [0.2, 0.25) is 5.91 Å². The van der Waals surface area contributed by atoms with Crippen LogP contribution in [0.2, 0.25) is 0 Å². The molecule has 12 heteroatoms. The molecule has 2 fully saturated rings. The zero-order valence-electron chi connectivity index (χ0n) is 23.9. The van der Waals surface area contributed by atoms with Crippen LogP contribution in [-0.4, -0.2) is 84.8 Å². The molecule has 0 spiro atoms. The predicted molar refractivity (Wildman–Crippen MR) is 158 cm³/mol. The number of ether oxygens (including phenoxy) is 2. The number of rotatable bonds is 6. The third kappa shape index (κ3) is 4.51. The average molecular weight is 570 g/mol. The van der Waals surface area contributed by atoms with E-state index in [-0.39, 0.29) is 24.6 Å². The molecule has 0 unspecified atom stereocenters. The number of benzene rings is 1. The van der Waals surface area contributed by atoms with Gasteiger partial charge in [-0.05, 0) is 56.9 Å². The summed E-state index contributed by atoms with van der Waals surface area (Å²) in [6, 6.07) is 11.0. The minimum absolute atomic E-state index is 0.0424. The monoisotopic (exact) mass is 569 g/mol. The fraction of sp³-hybridized carbons (Fsp3) is 0.433. The number of nitrogen functional groups attached to an aromatic ring is 1. The second-order valence-corrected chi connectivity index (χ2v) is 11.1. The molecular formula is C30H35N9O3. The quantitative estimate of drug-likeness (QED) is 0.328. The largest absolute Gasteiger partial charge is 0.382 e. The topological polar surface area (TPSA) is 131 Å². The van der Waals surface area contributed by atoms with E-state index in [1.165, 1.54) is 6.33 Å². The highest BCUT2D eigenvalue weighted by molar-refractivity contribution is 5.92. The van der Waals surface area contributed by atoms with Crippen LogP contribution in [0.4, 0.5) is 5.82 Å². The van der Waals surface area contributed by atoms with Gasteiger partial charge in [0.25, 0.3) is 0 Å². The van der Waals surface area contributed by atoms with E-state index < -0.39 is 0 Å². The summed E-state index contributed by atoms with van der Waals surface area (Å²) in [7, 11) is 1.56. The molecule has 2 N–H and O–H groups in total. The van der Waals surface area contributed by atoms with Gasteiger partial charge in [-0.3, -0.25) is 9.48 Å². The van der Waals surface area contributed by atoms with Crippen molar-refractivity contribution < 1.29 is 14.3 Å². The van der Waals surface area contributed by atoms with Crippen molar-refractivity contribution in [3.8, 4) is 22.5 Å². The molecule has 4 aromatic heterocycles. The number of imidazole rings is 1. The predicted octanol–water partition coefficient (Wildman–Crippen LogP) is 3.66. The Hall–Kier alpha value is -4.29. The van der Waals surface area contributed by atoms with Crippen LogP contribution in [0.25, 0.3) is 39.1 Å². The van der Waals surface area contributed by atoms with Crippen LogP contribution in [0.3, 0.4) is 0 Å². The Morgan fingerprint density at radius 2 is 1.86 bits per heavy atom. The molecule has 6 heterocycles. The lowest BCUT2D eigenvalue weighted by molar-refractivity contribution is -0.136. The van der Waals surface area contributed by atoms with Crippen molar-refractivity contribution in [3.63, 3.8) is 0 Å². The smallest absolute Gasteiger partial charge is 0.248 e. The first-order chi connectivity index (χ1) is 20.5. The lowest BCUT2D eigenvalue weighted by atomic mass is 10.0. The number of fused-ring (bicyclic) bond motifs is 2. The number of aryl methyl sites for hydroxylation is 1. The molecule has 0 aliphatic carbocycles. The van der Waals surface area contributed by atoms with Gasteiger partial charge in [0.1, 0.15) is 24.3 Å². The van der Waals surface area contributed by atoms with Gasteiger partial charge in [-0.25, -0.2) is 14.5 Å². The van der Waals surface area contributed by atoms with Crippen LogP contribution < -0.4 is 5.73 Å². The van der Waals surface area contributed by atoms with Crippen molar-refractivity contribution >= 4 is 28.3 Å². The third-order valence-corrected chi connectivity index (χ3v) is 8.68. The molecule has 1 aromatic carbocycles. The maximum Gasteiger partial charge on any atom is 0.248 e. The number of hydrogen-bond acceptors (Lipinski definition) is 8. The maximum absolute atomic E-state index is 12.4. The Morgan fingerprint density at radius 3 is 2.64 bits per heavy atom. The van der Waals surface area contributed by atoms with Gasteiger partial charge in [-0.1, -0.05) is 6.07 Å². The van der Waals surface area contributed by atoms with E-state index in [0.717, 1.165) is 83.8 Å². The van der Waals surface area contributed by atoms with E-state index in [2.05, 4.69) is 50.5 Å². The SMILES string of the molecule is COCC(=O)N1CCC(n2c(C)nc3ccc(-c4cc(-c5ccnn5C5CCOCC5)c5c(N)ncnn45)cc32)CC1.